The molecule has 0 aliphatic carbocycles. The first-order chi connectivity index (χ1) is 7.46. The van der Waals surface area contributed by atoms with E-state index >= 15 is 0 Å². The van der Waals surface area contributed by atoms with Gasteiger partial charge in [0, 0.05) is 26.8 Å². The summed E-state index contributed by atoms with van der Waals surface area (Å²) in [5, 5.41) is 9.89. The highest BCUT2D eigenvalue weighted by Gasteiger charge is 2.32. The van der Waals surface area contributed by atoms with Gasteiger partial charge < -0.3 is 20.5 Å². The van der Waals surface area contributed by atoms with Crippen molar-refractivity contribution in [2.75, 3.05) is 26.8 Å². The van der Waals surface area contributed by atoms with E-state index in [1.54, 1.807) is 18.9 Å². The van der Waals surface area contributed by atoms with Crippen molar-refractivity contribution in [1.82, 2.24) is 4.90 Å². The van der Waals surface area contributed by atoms with Crippen LogP contribution in [0.5, 0.6) is 0 Å². The van der Waals surface area contributed by atoms with Crippen molar-refractivity contribution in [2.45, 2.75) is 37.8 Å². The van der Waals surface area contributed by atoms with Gasteiger partial charge in [0.25, 0.3) is 0 Å². The number of rotatable bonds is 4. The standard InChI is InChI=1S/C11H22N2O3/c1-11(15)5-3-6-13(8-11)10(14)9(12)4-7-16-2/h9,15H,3-8,12H2,1-2H3. The fourth-order valence-electron chi connectivity index (χ4n) is 2.01. The van der Waals surface area contributed by atoms with Crippen LogP contribution >= 0.6 is 0 Å². The highest BCUT2D eigenvalue weighted by molar-refractivity contribution is 5.81. The molecule has 0 saturated carbocycles. The Morgan fingerprint density at radius 1 is 1.69 bits per heavy atom. The maximum absolute atomic E-state index is 11.9. The zero-order valence-corrected chi connectivity index (χ0v) is 10.1. The highest BCUT2D eigenvalue weighted by atomic mass is 16.5. The number of amides is 1. The quantitative estimate of drug-likeness (QED) is 0.696. The van der Waals surface area contributed by atoms with Crippen LogP contribution in [0.25, 0.3) is 0 Å². The maximum atomic E-state index is 11.9. The predicted molar refractivity (Wildman–Crippen MR) is 60.9 cm³/mol. The van der Waals surface area contributed by atoms with Gasteiger partial charge in [-0.05, 0) is 26.2 Å². The van der Waals surface area contributed by atoms with E-state index in [0.717, 1.165) is 12.8 Å². The smallest absolute Gasteiger partial charge is 0.239 e. The molecule has 0 spiro atoms. The lowest BCUT2D eigenvalue weighted by molar-refractivity contribution is -0.139. The maximum Gasteiger partial charge on any atom is 0.239 e. The second-order valence-corrected chi connectivity index (χ2v) is 4.75. The Hall–Kier alpha value is -0.650. The number of hydrogen-bond donors (Lipinski definition) is 2. The molecule has 3 N–H and O–H groups in total. The van der Waals surface area contributed by atoms with Gasteiger partial charge in [0.05, 0.1) is 11.6 Å². The summed E-state index contributed by atoms with van der Waals surface area (Å²) in [4.78, 5) is 13.6. The third kappa shape index (κ3) is 3.73. The van der Waals surface area contributed by atoms with Crippen molar-refractivity contribution < 1.29 is 14.6 Å². The molecule has 5 nitrogen and oxygen atoms in total. The monoisotopic (exact) mass is 230 g/mol. The third-order valence-electron chi connectivity index (χ3n) is 2.94. The van der Waals surface area contributed by atoms with E-state index in [1.807, 2.05) is 0 Å². The van der Waals surface area contributed by atoms with E-state index in [-0.39, 0.29) is 5.91 Å². The number of hydrogen-bond acceptors (Lipinski definition) is 4. The molecule has 2 unspecified atom stereocenters. The molecule has 94 valence electrons. The van der Waals surface area contributed by atoms with Crippen LogP contribution in [0.15, 0.2) is 0 Å². The van der Waals surface area contributed by atoms with Crippen molar-refractivity contribution in [2.24, 2.45) is 5.73 Å². The SMILES string of the molecule is COCCC(N)C(=O)N1CCCC(C)(O)C1. The van der Waals surface area contributed by atoms with Gasteiger partial charge in [-0.3, -0.25) is 4.79 Å². The van der Waals surface area contributed by atoms with E-state index in [2.05, 4.69) is 0 Å². The first-order valence-corrected chi connectivity index (χ1v) is 5.72. The molecule has 1 rings (SSSR count). The number of ether oxygens (including phenoxy) is 1. The van der Waals surface area contributed by atoms with Gasteiger partial charge in [-0.1, -0.05) is 0 Å². The van der Waals surface area contributed by atoms with Crippen LogP contribution in [0.1, 0.15) is 26.2 Å². The summed E-state index contributed by atoms with van der Waals surface area (Å²) in [5.74, 6) is -0.0861. The summed E-state index contributed by atoms with van der Waals surface area (Å²) < 4.78 is 4.89. The molecule has 0 radical (unpaired) electrons. The molecule has 1 fully saturated rings. The molecule has 0 bridgehead atoms. The van der Waals surface area contributed by atoms with Crippen molar-refractivity contribution in [1.29, 1.82) is 0 Å². The first-order valence-electron chi connectivity index (χ1n) is 5.72. The predicted octanol–water partition coefficient (Wildman–Crippen LogP) is -0.276. The van der Waals surface area contributed by atoms with Crippen molar-refractivity contribution >= 4 is 5.91 Å². The van der Waals surface area contributed by atoms with Crippen LogP contribution in [0.2, 0.25) is 0 Å². The minimum absolute atomic E-state index is 0.0861. The fraction of sp³-hybridized carbons (Fsp3) is 0.909. The van der Waals surface area contributed by atoms with E-state index in [9.17, 15) is 9.90 Å². The van der Waals surface area contributed by atoms with Crippen LogP contribution in [0.3, 0.4) is 0 Å². The molecule has 1 aliphatic rings. The number of piperidine rings is 1. The fourth-order valence-corrected chi connectivity index (χ4v) is 2.01. The number of nitrogens with two attached hydrogens (primary N) is 1. The van der Waals surface area contributed by atoms with Gasteiger partial charge in [0.1, 0.15) is 0 Å². The Kier molecular flexibility index (Phi) is 4.70. The number of nitrogens with zero attached hydrogens (tertiary/aromatic N) is 1. The molecular formula is C11H22N2O3. The third-order valence-corrected chi connectivity index (χ3v) is 2.94. The zero-order valence-electron chi connectivity index (χ0n) is 10.1. The topological polar surface area (TPSA) is 75.8 Å². The largest absolute Gasteiger partial charge is 0.388 e. The van der Waals surface area contributed by atoms with Crippen molar-refractivity contribution in [3.63, 3.8) is 0 Å². The lowest BCUT2D eigenvalue weighted by Crippen LogP contribution is -2.53. The minimum Gasteiger partial charge on any atom is -0.388 e. The Morgan fingerprint density at radius 3 is 2.94 bits per heavy atom. The van der Waals surface area contributed by atoms with E-state index < -0.39 is 11.6 Å². The molecule has 2 atom stereocenters. The number of aliphatic hydroxyl groups is 1. The van der Waals surface area contributed by atoms with Crippen LogP contribution in [0.4, 0.5) is 0 Å². The second-order valence-electron chi connectivity index (χ2n) is 4.75. The molecule has 16 heavy (non-hydrogen) atoms. The number of carbonyl (C=O) groups excluding carboxylic acids is 1. The van der Waals surface area contributed by atoms with Crippen LogP contribution < -0.4 is 5.73 Å². The normalized spacial score (nSPS) is 27.9. The van der Waals surface area contributed by atoms with Crippen LogP contribution in [-0.4, -0.2) is 54.4 Å². The summed E-state index contributed by atoms with van der Waals surface area (Å²) in [6.45, 7) is 3.31. The average molecular weight is 230 g/mol. The Morgan fingerprint density at radius 2 is 2.38 bits per heavy atom. The molecule has 1 heterocycles. The molecule has 0 aromatic heterocycles. The highest BCUT2D eigenvalue weighted by Crippen LogP contribution is 2.20. The van der Waals surface area contributed by atoms with Crippen molar-refractivity contribution in [3.8, 4) is 0 Å². The van der Waals surface area contributed by atoms with Gasteiger partial charge in [-0.2, -0.15) is 0 Å². The van der Waals surface area contributed by atoms with E-state index in [0.29, 0.717) is 26.1 Å². The molecule has 5 heteroatoms. The minimum atomic E-state index is -0.769. The van der Waals surface area contributed by atoms with Gasteiger partial charge in [-0.15, -0.1) is 0 Å². The molecule has 1 amide bonds. The summed E-state index contributed by atoms with van der Waals surface area (Å²) >= 11 is 0. The summed E-state index contributed by atoms with van der Waals surface area (Å²) in [7, 11) is 1.59. The van der Waals surface area contributed by atoms with Gasteiger partial charge in [0.2, 0.25) is 5.91 Å². The Labute approximate surface area is 96.6 Å². The van der Waals surface area contributed by atoms with Gasteiger partial charge in [0.15, 0.2) is 0 Å². The second kappa shape index (κ2) is 5.61. The van der Waals surface area contributed by atoms with E-state index in [1.165, 1.54) is 0 Å². The number of carbonyl (C=O) groups is 1. The molecule has 1 aliphatic heterocycles. The first kappa shape index (κ1) is 13.4. The average Bonchev–Trinajstić information content (AvgIpc) is 2.23. The van der Waals surface area contributed by atoms with Gasteiger partial charge in [-0.25, -0.2) is 0 Å². The zero-order chi connectivity index (χ0) is 12.2. The van der Waals surface area contributed by atoms with E-state index in [4.69, 9.17) is 10.5 Å². The Balaban J connectivity index is 2.46. The lowest BCUT2D eigenvalue weighted by Gasteiger charge is -2.37. The molecule has 0 aromatic rings. The van der Waals surface area contributed by atoms with Crippen LogP contribution in [-0.2, 0) is 9.53 Å². The summed E-state index contributed by atoms with van der Waals surface area (Å²) in [6.07, 6.45) is 2.09. The number of methoxy groups -OCH3 is 1. The Bertz CT molecular complexity index is 243. The van der Waals surface area contributed by atoms with Gasteiger partial charge >= 0.3 is 0 Å². The molecule has 1 saturated heterocycles. The molecule has 0 aromatic carbocycles. The lowest BCUT2D eigenvalue weighted by atomic mass is 9.94. The summed E-state index contributed by atoms with van der Waals surface area (Å²) in [6, 6.07) is -0.520. The summed E-state index contributed by atoms with van der Waals surface area (Å²) in [5.41, 5.74) is 5.00. The number of β-amino-alcohol motifs (C(OH)–C–C–N with tert-alkyl or cyclic N) is 1. The number of likely N-dealkylation sites (tertiary alicyclic amines) is 1. The molecular weight excluding hydrogens is 208 g/mol. The van der Waals surface area contributed by atoms with Crippen LogP contribution in [0, 0.1) is 0 Å². The van der Waals surface area contributed by atoms with Crippen molar-refractivity contribution in [3.05, 3.63) is 0 Å².